The number of rotatable bonds is 10. The van der Waals surface area contributed by atoms with E-state index < -0.39 is 7.72 Å². The zero-order chi connectivity index (χ0) is 20.3. The Labute approximate surface area is 197 Å². The fourth-order valence-corrected chi connectivity index (χ4v) is 6.90. The molecule has 4 nitrogen and oxygen atoms in total. The molecule has 26 heavy (non-hydrogen) atoms. The molecule has 0 aromatic carbocycles. The van der Waals surface area contributed by atoms with Gasteiger partial charge in [0.2, 0.25) is 0 Å². The highest BCUT2D eigenvalue weighted by atomic mass is 127. The predicted octanol–water partition coefficient (Wildman–Crippen LogP) is 5.85. The van der Waals surface area contributed by atoms with Gasteiger partial charge in [-0.25, -0.2) is 4.90 Å². The van der Waals surface area contributed by atoms with Gasteiger partial charge in [0.1, 0.15) is 4.05 Å². The number of alkyl halides is 5. The quantitative estimate of drug-likeness (QED) is 0.161. The number of hydrogen-bond acceptors (Lipinski definition) is 4. The highest BCUT2D eigenvalue weighted by molar-refractivity contribution is 14.2. The van der Waals surface area contributed by atoms with E-state index in [1.807, 2.05) is 27.7 Å². The molecule has 0 N–H and O–H groups in total. The van der Waals surface area contributed by atoms with Crippen LogP contribution in [0.3, 0.4) is 0 Å². The summed E-state index contributed by atoms with van der Waals surface area (Å²) in [6, 6.07) is -0.716. The predicted molar refractivity (Wildman–Crippen MR) is 128 cm³/mol. The summed E-state index contributed by atoms with van der Waals surface area (Å²) < 4.78 is 41.8. The van der Waals surface area contributed by atoms with Crippen LogP contribution in [-0.2, 0) is 9.47 Å². The maximum Gasteiger partial charge on any atom is 0.372 e. The van der Waals surface area contributed by atoms with Gasteiger partial charge in [-0.1, -0.05) is 50.3 Å². The lowest BCUT2D eigenvalue weighted by atomic mass is 10.0. The Morgan fingerprint density at radius 1 is 0.885 bits per heavy atom. The molecule has 156 valence electrons. The van der Waals surface area contributed by atoms with Crippen molar-refractivity contribution in [3.8, 4) is 0 Å². The summed E-state index contributed by atoms with van der Waals surface area (Å²) in [5, 5.41) is 0. The van der Waals surface area contributed by atoms with E-state index in [1.54, 1.807) is 14.2 Å². The van der Waals surface area contributed by atoms with Crippen molar-refractivity contribution < 1.29 is 18.3 Å². The summed E-state index contributed by atoms with van der Waals surface area (Å²) in [7, 11) is 3.22. The van der Waals surface area contributed by atoms with Gasteiger partial charge in [0.25, 0.3) is 0 Å². The first-order valence-corrected chi connectivity index (χ1v) is 12.5. The third-order valence-corrected chi connectivity index (χ3v) is 11.4. The Morgan fingerprint density at radius 3 is 1.65 bits per heavy atom. The van der Waals surface area contributed by atoms with Gasteiger partial charge in [-0.3, -0.25) is 0 Å². The highest BCUT2D eigenvalue weighted by Gasteiger charge is 2.69. The average Bonchev–Trinajstić information content (AvgIpc) is 2.73. The fraction of sp³-hybridized carbons (Fsp3) is 1.00. The lowest BCUT2D eigenvalue weighted by Crippen LogP contribution is -2.59. The summed E-state index contributed by atoms with van der Waals surface area (Å²) in [6.07, 6.45) is -0.925. The smallest absolute Gasteiger partial charge is 0.372 e. The molecule has 1 saturated heterocycles. The van der Waals surface area contributed by atoms with Gasteiger partial charge in [-0.05, 0) is 70.9 Å². The first-order chi connectivity index (χ1) is 12.1. The van der Waals surface area contributed by atoms with Gasteiger partial charge >= 0.3 is 6.17 Å². The second kappa shape index (κ2) is 10.8. The first-order valence-electron chi connectivity index (χ1n) is 9.12. The second-order valence-corrected chi connectivity index (χ2v) is 13.1. The SMILES string of the molecule is CCC(OC)C(CC)N1C(I)C(I)(I)N(C(CC)C(CC)OC)C1(F)F. The maximum atomic E-state index is 15.9. The molecule has 9 heteroatoms. The van der Waals surface area contributed by atoms with Crippen molar-refractivity contribution in [2.75, 3.05) is 14.2 Å². The standard InChI is InChI=1S/C17H31F2I3N2O2/c1-7-11(13(9-3)25-5)23-15(20)16(21,22)24(17(23,18)19)12(8-2)14(10-4)26-6/h11-15H,7-10H2,1-6H3. The average molecular weight is 714 g/mol. The van der Waals surface area contributed by atoms with E-state index in [9.17, 15) is 0 Å². The lowest BCUT2D eigenvalue weighted by Gasteiger charge is -2.42. The van der Waals surface area contributed by atoms with Crippen LogP contribution >= 0.6 is 67.8 Å². The van der Waals surface area contributed by atoms with Crippen molar-refractivity contribution in [3.05, 3.63) is 0 Å². The van der Waals surface area contributed by atoms with Crippen molar-refractivity contribution in [3.63, 3.8) is 0 Å². The van der Waals surface area contributed by atoms with Crippen molar-refractivity contribution in [1.29, 1.82) is 0 Å². The van der Waals surface area contributed by atoms with Crippen LogP contribution in [0.4, 0.5) is 8.78 Å². The van der Waals surface area contributed by atoms with Gasteiger partial charge in [0, 0.05) is 26.3 Å². The van der Waals surface area contributed by atoms with Crippen molar-refractivity contribution in [2.24, 2.45) is 0 Å². The second-order valence-electron chi connectivity index (χ2n) is 6.53. The van der Waals surface area contributed by atoms with Crippen LogP contribution in [0.15, 0.2) is 0 Å². The normalized spacial score (nSPS) is 28.0. The van der Waals surface area contributed by atoms with E-state index in [0.29, 0.717) is 25.7 Å². The number of ether oxygens (including phenoxy) is 2. The Balaban J connectivity index is 3.42. The number of nitrogens with zero attached hydrogens (tertiary/aromatic N) is 2. The molecule has 0 aromatic heterocycles. The van der Waals surface area contributed by atoms with Crippen molar-refractivity contribution in [1.82, 2.24) is 9.80 Å². The molecule has 1 rings (SSSR count). The molecule has 0 radical (unpaired) electrons. The van der Waals surface area contributed by atoms with Gasteiger partial charge in [-0.15, -0.1) is 0 Å². The highest BCUT2D eigenvalue weighted by Crippen LogP contribution is 2.57. The van der Waals surface area contributed by atoms with Crippen LogP contribution in [0.2, 0.25) is 0 Å². The molecule has 0 bridgehead atoms. The van der Waals surface area contributed by atoms with Crippen LogP contribution in [-0.4, -0.2) is 60.1 Å². The largest absolute Gasteiger partial charge is 0.380 e. The minimum absolute atomic E-state index is 0.226. The molecule has 1 aliphatic rings. The third-order valence-electron chi connectivity index (χ3n) is 5.25. The minimum atomic E-state index is -3.08. The van der Waals surface area contributed by atoms with Crippen LogP contribution in [0.5, 0.6) is 0 Å². The molecule has 0 aliphatic carbocycles. The third kappa shape index (κ3) is 4.79. The van der Waals surface area contributed by atoms with Gasteiger partial charge in [-0.2, -0.15) is 13.7 Å². The van der Waals surface area contributed by atoms with Crippen LogP contribution in [0, 0.1) is 0 Å². The van der Waals surface area contributed by atoms with E-state index in [2.05, 4.69) is 67.8 Å². The molecule has 5 atom stereocenters. The first kappa shape index (κ1) is 25.9. The molecular weight excluding hydrogens is 683 g/mol. The van der Waals surface area contributed by atoms with Crippen molar-refractivity contribution in [2.45, 2.75) is 89.4 Å². The van der Waals surface area contributed by atoms with Gasteiger partial charge in [0.15, 0.2) is 1.55 Å². The zero-order valence-corrected chi connectivity index (χ0v) is 22.8. The Kier molecular flexibility index (Phi) is 10.7. The Bertz CT molecular complexity index is 438. The minimum Gasteiger partial charge on any atom is -0.380 e. The van der Waals surface area contributed by atoms with Gasteiger partial charge in [0.05, 0.1) is 12.2 Å². The molecule has 0 spiro atoms. The van der Waals surface area contributed by atoms with E-state index >= 15 is 8.78 Å². The maximum absolute atomic E-state index is 15.9. The topological polar surface area (TPSA) is 24.9 Å². The van der Waals surface area contributed by atoms with E-state index in [4.69, 9.17) is 9.47 Å². The van der Waals surface area contributed by atoms with Crippen molar-refractivity contribution >= 4 is 67.8 Å². The number of methoxy groups -OCH3 is 2. The summed E-state index contributed by atoms with van der Waals surface area (Å²) >= 11 is 6.54. The molecular formula is C17H31F2I3N2O2. The monoisotopic (exact) mass is 714 g/mol. The van der Waals surface area contributed by atoms with E-state index in [0.717, 1.165) is 0 Å². The van der Waals surface area contributed by atoms with Crippen LogP contribution < -0.4 is 0 Å². The molecule has 5 unspecified atom stereocenters. The van der Waals surface area contributed by atoms with E-state index in [-0.39, 0.29) is 28.3 Å². The van der Waals surface area contributed by atoms with Gasteiger partial charge < -0.3 is 9.47 Å². The summed E-state index contributed by atoms with van der Waals surface area (Å²) in [4.78, 5) is 2.75. The van der Waals surface area contributed by atoms with Crippen LogP contribution in [0.25, 0.3) is 0 Å². The molecule has 1 heterocycles. The Morgan fingerprint density at radius 2 is 1.31 bits per heavy atom. The number of halogens is 5. The number of hydrogen-bond donors (Lipinski definition) is 0. The Hall–Kier alpha value is 1.89. The molecule has 1 aliphatic heterocycles. The van der Waals surface area contributed by atoms with Crippen LogP contribution in [0.1, 0.15) is 53.4 Å². The molecule has 0 amide bonds. The summed E-state index contributed by atoms with van der Waals surface area (Å²) in [6.45, 7) is 7.88. The fourth-order valence-electron chi connectivity index (χ4n) is 3.95. The molecule has 0 saturated carbocycles. The molecule has 0 aromatic rings. The summed E-state index contributed by atoms with van der Waals surface area (Å²) in [5.74, 6) is 0. The summed E-state index contributed by atoms with van der Waals surface area (Å²) in [5.41, 5.74) is 0. The molecule has 1 fully saturated rings. The lowest BCUT2D eigenvalue weighted by molar-refractivity contribution is -0.253. The van der Waals surface area contributed by atoms with E-state index in [1.165, 1.54) is 9.80 Å². The zero-order valence-electron chi connectivity index (χ0n) is 16.3.